The van der Waals surface area contributed by atoms with Crippen LogP contribution in [0.3, 0.4) is 0 Å². The fourth-order valence-corrected chi connectivity index (χ4v) is 1.83. The van der Waals surface area contributed by atoms with Gasteiger partial charge in [-0.15, -0.1) is 0 Å². The minimum Gasteiger partial charge on any atom is -0.381 e. The SMILES string of the molecule is CCOCC(C)(CNC)C1CC1. The molecule has 1 saturated carbocycles. The molecule has 1 N–H and O–H groups in total. The molecule has 12 heavy (non-hydrogen) atoms. The van der Waals surface area contributed by atoms with E-state index in [0.29, 0.717) is 5.41 Å². The molecule has 0 saturated heterocycles. The van der Waals surface area contributed by atoms with Gasteiger partial charge in [-0.05, 0) is 32.7 Å². The maximum absolute atomic E-state index is 5.51. The minimum atomic E-state index is 0.380. The lowest BCUT2D eigenvalue weighted by Gasteiger charge is -2.28. The first-order valence-electron chi connectivity index (χ1n) is 4.95. The summed E-state index contributed by atoms with van der Waals surface area (Å²) in [6.45, 7) is 7.22. The van der Waals surface area contributed by atoms with Gasteiger partial charge in [0.25, 0.3) is 0 Å². The third-order valence-corrected chi connectivity index (χ3v) is 2.78. The molecule has 1 aliphatic rings. The number of ether oxygens (including phenoxy) is 1. The fraction of sp³-hybridized carbons (Fsp3) is 1.00. The number of hydrogen-bond acceptors (Lipinski definition) is 2. The van der Waals surface area contributed by atoms with Gasteiger partial charge in [-0.3, -0.25) is 0 Å². The van der Waals surface area contributed by atoms with E-state index >= 15 is 0 Å². The van der Waals surface area contributed by atoms with E-state index in [-0.39, 0.29) is 0 Å². The van der Waals surface area contributed by atoms with Crippen molar-refractivity contribution in [1.29, 1.82) is 0 Å². The Hall–Kier alpha value is -0.0800. The fourth-order valence-electron chi connectivity index (χ4n) is 1.83. The summed E-state index contributed by atoms with van der Waals surface area (Å²) in [6.07, 6.45) is 2.79. The van der Waals surface area contributed by atoms with E-state index in [9.17, 15) is 0 Å². The van der Waals surface area contributed by atoms with Crippen molar-refractivity contribution in [3.63, 3.8) is 0 Å². The average Bonchev–Trinajstić information content (AvgIpc) is 2.84. The van der Waals surface area contributed by atoms with Crippen LogP contribution in [0.5, 0.6) is 0 Å². The van der Waals surface area contributed by atoms with E-state index in [1.54, 1.807) is 0 Å². The molecule has 0 bridgehead atoms. The van der Waals surface area contributed by atoms with Gasteiger partial charge in [-0.25, -0.2) is 0 Å². The van der Waals surface area contributed by atoms with Crippen LogP contribution in [0.2, 0.25) is 0 Å². The summed E-state index contributed by atoms with van der Waals surface area (Å²) in [4.78, 5) is 0. The molecule has 1 fully saturated rings. The van der Waals surface area contributed by atoms with Crippen LogP contribution in [-0.2, 0) is 4.74 Å². The summed E-state index contributed by atoms with van der Waals surface area (Å²) in [5, 5.41) is 3.26. The molecule has 0 spiro atoms. The van der Waals surface area contributed by atoms with Crippen LogP contribution in [-0.4, -0.2) is 26.8 Å². The molecular formula is C10H21NO. The standard InChI is InChI=1S/C10H21NO/c1-4-12-8-10(2,7-11-3)9-5-6-9/h9,11H,4-8H2,1-3H3. The molecule has 0 heterocycles. The first kappa shape index (κ1) is 10.0. The molecule has 0 aromatic carbocycles. The molecular weight excluding hydrogens is 150 g/mol. The van der Waals surface area contributed by atoms with Crippen molar-refractivity contribution < 1.29 is 4.74 Å². The van der Waals surface area contributed by atoms with Gasteiger partial charge >= 0.3 is 0 Å². The molecule has 2 heteroatoms. The van der Waals surface area contributed by atoms with Crippen molar-refractivity contribution in [3.8, 4) is 0 Å². The molecule has 2 nitrogen and oxygen atoms in total. The van der Waals surface area contributed by atoms with Crippen molar-refractivity contribution in [2.24, 2.45) is 11.3 Å². The summed E-state index contributed by atoms with van der Waals surface area (Å²) in [5.41, 5.74) is 0.380. The van der Waals surface area contributed by atoms with Crippen molar-refractivity contribution in [2.75, 3.05) is 26.8 Å². The second-order valence-electron chi connectivity index (χ2n) is 4.10. The first-order chi connectivity index (χ1) is 5.73. The normalized spacial score (nSPS) is 22.2. The minimum absolute atomic E-state index is 0.380. The second kappa shape index (κ2) is 4.24. The van der Waals surface area contributed by atoms with Gasteiger partial charge in [-0.2, -0.15) is 0 Å². The molecule has 0 aliphatic heterocycles. The zero-order chi connectivity index (χ0) is 9.03. The van der Waals surface area contributed by atoms with Crippen LogP contribution in [0.4, 0.5) is 0 Å². The van der Waals surface area contributed by atoms with Crippen molar-refractivity contribution in [1.82, 2.24) is 5.32 Å². The third-order valence-electron chi connectivity index (χ3n) is 2.78. The van der Waals surface area contributed by atoms with Crippen molar-refractivity contribution in [3.05, 3.63) is 0 Å². The van der Waals surface area contributed by atoms with E-state index in [1.807, 2.05) is 7.05 Å². The zero-order valence-corrected chi connectivity index (χ0v) is 8.52. The van der Waals surface area contributed by atoms with E-state index in [4.69, 9.17) is 4.74 Å². The molecule has 0 aromatic rings. The smallest absolute Gasteiger partial charge is 0.0534 e. The Balaban J connectivity index is 2.34. The second-order valence-corrected chi connectivity index (χ2v) is 4.10. The lowest BCUT2D eigenvalue weighted by atomic mass is 9.86. The van der Waals surface area contributed by atoms with Gasteiger partial charge in [-0.1, -0.05) is 6.92 Å². The lowest BCUT2D eigenvalue weighted by molar-refractivity contribution is 0.0484. The van der Waals surface area contributed by atoms with Gasteiger partial charge in [0.15, 0.2) is 0 Å². The molecule has 1 aliphatic carbocycles. The van der Waals surface area contributed by atoms with Crippen LogP contribution < -0.4 is 5.32 Å². The molecule has 1 unspecified atom stereocenters. The first-order valence-corrected chi connectivity index (χ1v) is 4.95. The van der Waals surface area contributed by atoms with Crippen molar-refractivity contribution >= 4 is 0 Å². The largest absolute Gasteiger partial charge is 0.381 e. The lowest BCUT2D eigenvalue weighted by Crippen LogP contribution is -2.36. The highest BCUT2D eigenvalue weighted by molar-refractivity contribution is 4.92. The van der Waals surface area contributed by atoms with E-state index in [0.717, 1.165) is 25.7 Å². The Morgan fingerprint density at radius 2 is 2.17 bits per heavy atom. The van der Waals surface area contributed by atoms with Crippen LogP contribution in [0.25, 0.3) is 0 Å². The maximum atomic E-state index is 5.51. The Labute approximate surface area is 75.7 Å². The van der Waals surface area contributed by atoms with Gasteiger partial charge in [0, 0.05) is 18.6 Å². The van der Waals surface area contributed by atoms with Crippen LogP contribution >= 0.6 is 0 Å². The average molecular weight is 171 g/mol. The Bertz CT molecular complexity index is 134. The van der Waals surface area contributed by atoms with Gasteiger partial charge < -0.3 is 10.1 Å². The number of nitrogens with one attached hydrogen (secondary N) is 1. The highest BCUT2D eigenvalue weighted by atomic mass is 16.5. The third kappa shape index (κ3) is 2.46. The van der Waals surface area contributed by atoms with E-state index in [1.165, 1.54) is 12.8 Å². The number of rotatable bonds is 6. The summed E-state index contributed by atoms with van der Waals surface area (Å²) in [7, 11) is 2.02. The molecule has 0 amide bonds. The Morgan fingerprint density at radius 1 is 1.50 bits per heavy atom. The molecule has 72 valence electrons. The monoisotopic (exact) mass is 171 g/mol. The summed E-state index contributed by atoms with van der Waals surface area (Å²) in [5.74, 6) is 0.900. The zero-order valence-electron chi connectivity index (χ0n) is 8.52. The molecule has 1 rings (SSSR count). The maximum Gasteiger partial charge on any atom is 0.0534 e. The van der Waals surface area contributed by atoms with Gasteiger partial charge in [0.05, 0.1) is 6.61 Å². The topological polar surface area (TPSA) is 21.3 Å². The van der Waals surface area contributed by atoms with Crippen LogP contribution in [0, 0.1) is 11.3 Å². The summed E-state index contributed by atoms with van der Waals surface area (Å²) < 4.78 is 5.51. The molecule has 0 radical (unpaired) electrons. The van der Waals surface area contributed by atoms with E-state index < -0.39 is 0 Å². The number of hydrogen-bond donors (Lipinski definition) is 1. The predicted molar refractivity (Wildman–Crippen MR) is 51.3 cm³/mol. The highest BCUT2D eigenvalue weighted by Crippen LogP contribution is 2.45. The molecule has 0 aromatic heterocycles. The molecule has 1 atom stereocenters. The van der Waals surface area contributed by atoms with Crippen LogP contribution in [0.15, 0.2) is 0 Å². The van der Waals surface area contributed by atoms with Crippen LogP contribution in [0.1, 0.15) is 26.7 Å². The van der Waals surface area contributed by atoms with E-state index in [2.05, 4.69) is 19.2 Å². The van der Waals surface area contributed by atoms with Gasteiger partial charge in [0.1, 0.15) is 0 Å². The predicted octanol–water partition coefficient (Wildman–Crippen LogP) is 1.66. The van der Waals surface area contributed by atoms with Gasteiger partial charge in [0.2, 0.25) is 0 Å². The Kier molecular flexibility index (Phi) is 3.53. The quantitative estimate of drug-likeness (QED) is 0.656. The van der Waals surface area contributed by atoms with Crippen molar-refractivity contribution in [2.45, 2.75) is 26.7 Å². The highest BCUT2D eigenvalue weighted by Gasteiger charge is 2.40. The summed E-state index contributed by atoms with van der Waals surface area (Å²) in [6, 6.07) is 0. The summed E-state index contributed by atoms with van der Waals surface area (Å²) >= 11 is 0. The Morgan fingerprint density at radius 3 is 2.58 bits per heavy atom.